The van der Waals surface area contributed by atoms with Gasteiger partial charge in [-0.1, -0.05) is 18.2 Å². The third kappa shape index (κ3) is 3.49. The summed E-state index contributed by atoms with van der Waals surface area (Å²) in [6.45, 7) is 0. The number of benzene rings is 2. The van der Waals surface area contributed by atoms with Crippen molar-refractivity contribution in [2.24, 2.45) is 0 Å². The van der Waals surface area contributed by atoms with Crippen molar-refractivity contribution in [1.29, 1.82) is 5.26 Å². The highest BCUT2D eigenvalue weighted by Crippen LogP contribution is 2.48. The molecule has 0 aliphatic heterocycles. The van der Waals surface area contributed by atoms with E-state index in [1.165, 1.54) is 18.2 Å². The Morgan fingerprint density at radius 2 is 2.00 bits per heavy atom. The highest BCUT2D eigenvalue weighted by Gasteiger charge is 2.34. The number of amides is 1. The van der Waals surface area contributed by atoms with Gasteiger partial charge in [0.2, 0.25) is 0 Å². The highest BCUT2D eigenvalue weighted by molar-refractivity contribution is 7.08. The van der Waals surface area contributed by atoms with E-state index in [1.54, 1.807) is 6.20 Å². The van der Waals surface area contributed by atoms with Crippen LogP contribution in [0.2, 0.25) is 0 Å². The van der Waals surface area contributed by atoms with Crippen LogP contribution in [0, 0.1) is 11.3 Å². The second kappa shape index (κ2) is 7.87. The summed E-state index contributed by atoms with van der Waals surface area (Å²) in [6, 6.07) is 15.8. The number of aromatic nitrogens is 2. The first-order chi connectivity index (χ1) is 15.6. The SMILES string of the molecule is N#Cc1cc(NC(=O)c2snc(-c3cccc4ncccc34)c2C2CC2)ccc1C(=O)O. The number of hydrogen-bond donors (Lipinski definition) is 2. The van der Waals surface area contributed by atoms with E-state index >= 15 is 0 Å². The number of anilines is 1. The Morgan fingerprint density at radius 3 is 2.75 bits per heavy atom. The van der Waals surface area contributed by atoms with Crippen LogP contribution in [0.15, 0.2) is 54.7 Å². The standard InChI is InChI=1S/C24H16N4O3S/c25-12-14-11-15(8-9-16(14)24(30)31)27-23(29)22-20(13-6-7-13)21(28-32-22)18-3-1-5-19-17(18)4-2-10-26-19/h1-5,8-11,13H,6-7H2,(H,27,29)(H,30,31). The predicted octanol–water partition coefficient (Wildman–Crippen LogP) is 5.06. The predicted molar refractivity (Wildman–Crippen MR) is 121 cm³/mol. The van der Waals surface area contributed by atoms with Crippen LogP contribution in [0.3, 0.4) is 0 Å². The van der Waals surface area contributed by atoms with Gasteiger partial charge in [0.25, 0.3) is 5.91 Å². The molecular formula is C24H16N4O3S. The molecule has 1 aliphatic carbocycles. The minimum Gasteiger partial charge on any atom is -0.478 e. The maximum Gasteiger partial charge on any atom is 0.337 e. The number of carbonyl (C=O) groups is 2. The van der Waals surface area contributed by atoms with Crippen molar-refractivity contribution >= 4 is 40.0 Å². The van der Waals surface area contributed by atoms with Gasteiger partial charge >= 0.3 is 5.97 Å². The number of nitriles is 1. The molecule has 5 rings (SSSR count). The van der Waals surface area contributed by atoms with Gasteiger partial charge in [-0.15, -0.1) is 0 Å². The largest absolute Gasteiger partial charge is 0.478 e. The molecule has 0 spiro atoms. The summed E-state index contributed by atoms with van der Waals surface area (Å²) in [6.07, 6.45) is 3.75. The van der Waals surface area contributed by atoms with Crippen LogP contribution in [0.25, 0.3) is 22.2 Å². The third-order valence-electron chi connectivity index (χ3n) is 5.45. The smallest absolute Gasteiger partial charge is 0.337 e. The molecular weight excluding hydrogens is 424 g/mol. The fourth-order valence-corrected chi connectivity index (χ4v) is 4.68. The van der Waals surface area contributed by atoms with E-state index in [1.807, 2.05) is 36.4 Å². The van der Waals surface area contributed by atoms with Crippen LogP contribution in [0.5, 0.6) is 0 Å². The molecule has 4 aromatic rings. The van der Waals surface area contributed by atoms with E-state index in [0.29, 0.717) is 10.6 Å². The fraction of sp³-hybridized carbons (Fsp3) is 0.125. The number of nitrogens with one attached hydrogen (secondary N) is 1. The lowest BCUT2D eigenvalue weighted by Gasteiger charge is -2.09. The number of carbonyl (C=O) groups excluding carboxylic acids is 1. The lowest BCUT2D eigenvalue weighted by atomic mass is 9.99. The number of rotatable bonds is 5. The number of fused-ring (bicyclic) bond motifs is 1. The van der Waals surface area contributed by atoms with Crippen LogP contribution in [-0.2, 0) is 0 Å². The van der Waals surface area contributed by atoms with E-state index in [9.17, 15) is 20.0 Å². The van der Waals surface area contributed by atoms with E-state index in [0.717, 1.165) is 52.1 Å². The van der Waals surface area contributed by atoms with Gasteiger partial charge in [0.05, 0.1) is 22.3 Å². The van der Waals surface area contributed by atoms with Gasteiger partial charge in [-0.05, 0) is 60.6 Å². The van der Waals surface area contributed by atoms with Gasteiger partial charge in [-0.25, -0.2) is 4.79 Å². The fourth-order valence-electron chi connectivity index (χ4n) is 3.80. The zero-order valence-electron chi connectivity index (χ0n) is 16.7. The Labute approximate surface area is 187 Å². The van der Waals surface area contributed by atoms with Gasteiger partial charge in [-0.3, -0.25) is 9.78 Å². The number of nitrogens with zero attached hydrogens (tertiary/aromatic N) is 3. The molecule has 0 atom stereocenters. The topological polar surface area (TPSA) is 116 Å². The molecule has 2 aromatic heterocycles. The molecule has 2 aromatic carbocycles. The van der Waals surface area contributed by atoms with Crippen molar-refractivity contribution in [2.45, 2.75) is 18.8 Å². The number of hydrogen-bond acceptors (Lipinski definition) is 6. The number of aromatic carboxylic acids is 1. The van der Waals surface area contributed by atoms with Crippen molar-refractivity contribution in [3.63, 3.8) is 0 Å². The zero-order chi connectivity index (χ0) is 22.2. The summed E-state index contributed by atoms with van der Waals surface area (Å²) in [7, 11) is 0. The molecule has 2 heterocycles. The molecule has 7 nitrogen and oxygen atoms in total. The summed E-state index contributed by atoms with van der Waals surface area (Å²) < 4.78 is 4.65. The summed E-state index contributed by atoms with van der Waals surface area (Å²) in [5, 5.41) is 22.2. The Morgan fingerprint density at radius 1 is 1.16 bits per heavy atom. The number of carboxylic acid groups (broad SMARTS) is 1. The Kier molecular flexibility index (Phi) is 4.88. The quantitative estimate of drug-likeness (QED) is 0.448. The lowest BCUT2D eigenvalue weighted by Crippen LogP contribution is -2.13. The first kappa shape index (κ1) is 19.8. The van der Waals surface area contributed by atoms with Crippen molar-refractivity contribution in [2.75, 3.05) is 5.32 Å². The van der Waals surface area contributed by atoms with Gasteiger partial charge in [-0.2, -0.15) is 9.64 Å². The molecule has 0 unspecified atom stereocenters. The summed E-state index contributed by atoms with van der Waals surface area (Å²) in [5.41, 5.74) is 3.81. The van der Waals surface area contributed by atoms with Crippen molar-refractivity contribution in [1.82, 2.24) is 9.36 Å². The van der Waals surface area contributed by atoms with Gasteiger partial charge in [0, 0.05) is 28.4 Å². The normalized spacial score (nSPS) is 13.0. The van der Waals surface area contributed by atoms with Gasteiger partial charge < -0.3 is 10.4 Å². The first-order valence-electron chi connectivity index (χ1n) is 9.99. The average molecular weight is 440 g/mol. The maximum atomic E-state index is 13.1. The van der Waals surface area contributed by atoms with Crippen molar-refractivity contribution in [3.8, 4) is 17.3 Å². The lowest BCUT2D eigenvalue weighted by molar-refractivity contribution is 0.0696. The van der Waals surface area contributed by atoms with Crippen LogP contribution in [0.4, 0.5) is 5.69 Å². The van der Waals surface area contributed by atoms with E-state index in [-0.39, 0.29) is 23.0 Å². The molecule has 2 N–H and O–H groups in total. The van der Waals surface area contributed by atoms with E-state index in [2.05, 4.69) is 14.7 Å². The van der Waals surface area contributed by atoms with Crippen LogP contribution < -0.4 is 5.32 Å². The van der Waals surface area contributed by atoms with Crippen molar-refractivity contribution < 1.29 is 14.7 Å². The van der Waals surface area contributed by atoms with E-state index in [4.69, 9.17) is 0 Å². The monoisotopic (exact) mass is 440 g/mol. The third-order valence-corrected chi connectivity index (χ3v) is 6.31. The van der Waals surface area contributed by atoms with Crippen LogP contribution in [0.1, 0.15) is 49.9 Å². The molecule has 1 saturated carbocycles. The minimum absolute atomic E-state index is 0.00837. The van der Waals surface area contributed by atoms with Gasteiger partial charge in [0.15, 0.2) is 0 Å². The van der Waals surface area contributed by atoms with Gasteiger partial charge in [0.1, 0.15) is 10.9 Å². The molecule has 1 amide bonds. The molecule has 8 heteroatoms. The second-order valence-corrected chi connectivity index (χ2v) is 8.33. The first-order valence-corrected chi connectivity index (χ1v) is 10.8. The zero-order valence-corrected chi connectivity index (χ0v) is 17.5. The molecule has 0 saturated heterocycles. The highest BCUT2D eigenvalue weighted by atomic mass is 32.1. The molecule has 32 heavy (non-hydrogen) atoms. The second-order valence-electron chi connectivity index (χ2n) is 7.56. The molecule has 1 fully saturated rings. The molecule has 0 radical (unpaired) electrons. The Bertz CT molecular complexity index is 1430. The number of carboxylic acids is 1. The summed E-state index contributed by atoms with van der Waals surface area (Å²) >= 11 is 1.15. The number of pyridine rings is 1. The Balaban J connectivity index is 1.53. The summed E-state index contributed by atoms with van der Waals surface area (Å²) in [5.74, 6) is -1.23. The van der Waals surface area contributed by atoms with Crippen molar-refractivity contribution in [3.05, 3.63) is 76.3 Å². The molecule has 0 bridgehead atoms. The average Bonchev–Trinajstić information content (AvgIpc) is 3.56. The molecule has 156 valence electrons. The minimum atomic E-state index is -1.19. The summed E-state index contributed by atoms with van der Waals surface area (Å²) in [4.78, 5) is 29.3. The van der Waals surface area contributed by atoms with E-state index < -0.39 is 5.97 Å². The Hall–Kier alpha value is -4.09. The maximum absolute atomic E-state index is 13.1. The van der Waals surface area contributed by atoms with Crippen LogP contribution in [-0.4, -0.2) is 26.3 Å². The molecule has 1 aliphatic rings. The van der Waals surface area contributed by atoms with Crippen LogP contribution >= 0.6 is 11.5 Å².